The van der Waals surface area contributed by atoms with E-state index in [1.807, 2.05) is 17.9 Å². The number of nitrogens with zero attached hydrogens (tertiary/aromatic N) is 3. The number of piperazine rings is 1. The van der Waals surface area contributed by atoms with Crippen LogP contribution in [0.3, 0.4) is 0 Å². The number of rotatable bonds is 4. The maximum absolute atomic E-state index is 13.1. The standard InChI is InChI=1S/C23H29N3O3S/c1-17-6-4-5-7-20(17)16-24-10-12-25(13-11-24)23(27)19-8-9-22-21(15-19)14-18(2)26(22)30(3,28)29/h4-9,15,18H,10-14,16H2,1-3H3/t18-/m0/s1. The number of fused-ring (bicyclic) bond motifs is 1. The summed E-state index contributed by atoms with van der Waals surface area (Å²) in [5, 5.41) is 0. The molecule has 0 unspecified atom stereocenters. The Balaban J connectivity index is 1.42. The van der Waals surface area contributed by atoms with Crippen LogP contribution in [-0.4, -0.2) is 62.6 Å². The van der Waals surface area contributed by atoms with Crippen LogP contribution >= 0.6 is 0 Å². The second-order valence-electron chi connectivity index (χ2n) is 8.45. The van der Waals surface area contributed by atoms with E-state index < -0.39 is 10.0 Å². The van der Waals surface area contributed by atoms with E-state index in [1.54, 1.807) is 12.1 Å². The van der Waals surface area contributed by atoms with Crippen molar-refractivity contribution in [3.05, 3.63) is 64.7 Å². The van der Waals surface area contributed by atoms with Crippen LogP contribution in [0.4, 0.5) is 5.69 Å². The normalized spacial score (nSPS) is 19.8. The van der Waals surface area contributed by atoms with Gasteiger partial charge in [-0.15, -0.1) is 0 Å². The number of aryl methyl sites for hydroxylation is 1. The molecule has 2 aromatic carbocycles. The predicted molar refractivity (Wildman–Crippen MR) is 119 cm³/mol. The summed E-state index contributed by atoms with van der Waals surface area (Å²) in [6, 6.07) is 13.7. The van der Waals surface area contributed by atoms with Crippen molar-refractivity contribution in [1.82, 2.24) is 9.80 Å². The summed E-state index contributed by atoms with van der Waals surface area (Å²) in [5.41, 5.74) is 4.90. The smallest absolute Gasteiger partial charge is 0.253 e. The molecule has 0 saturated carbocycles. The molecule has 2 aliphatic heterocycles. The monoisotopic (exact) mass is 427 g/mol. The highest BCUT2D eigenvalue weighted by Crippen LogP contribution is 2.35. The minimum atomic E-state index is -3.32. The Hall–Kier alpha value is -2.38. The number of hydrogen-bond acceptors (Lipinski definition) is 4. The van der Waals surface area contributed by atoms with Crippen LogP contribution in [0.15, 0.2) is 42.5 Å². The Morgan fingerprint density at radius 3 is 2.43 bits per heavy atom. The molecule has 6 nitrogen and oxygen atoms in total. The fourth-order valence-electron chi connectivity index (χ4n) is 4.56. The van der Waals surface area contributed by atoms with Crippen molar-refractivity contribution in [3.8, 4) is 0 Å². The molecule has 0 N–H and O–H groups in total. The van der Waals surface area contributed by atoms with Crippen LogP contribution < -0.4 is 4.31 Å². The second kappa shape index (κ2) is 8.04. The number of amides is 1. The minimum Gasteiger partial charge on any atom is -0.336 e. The summed E-state index contributed by atoms with van der Waals surface area (Å²) in [6.45, 7) is 8.05. The van der Waals surface area contributed by atoms with Gasteiger partial charge < -0.3 is 4.90 Å². The largest absolute Gasteiger partial charge is 0.336 e. The Morgan fingerprint density at radius 1 is 1.07 bits per heavy atom. The molecule has 160 valence electrons. The first-order valence-electron chi connectivity index (χ1n) is 10.4. The fraction of sp³-hybridized carbons (Fsp3) is 0.435. The molecule has 0 aliphatic carbocycles. The van der Waals surface area contributed by atoms with E-state index in [4.69, 9.17) is 0 Å². The zero-order valence-electron chi connectivity index (χ0n) is 17.8. The zero-order chi connectivity index (χ0) is 21.5. The van der Waals surface area contributed by atoms with Gasteiger partial charge in [0.25, 0.3) is 5.91 Å². The topological polar surface area (TPSA) is 60.9 Å². The van der Waals surface area contributed by atoms with Gasteiger partial charge in [0, 0.05) is 44.3 Å². The number of carbonyl (C=O) groups is 1. The van der Waals surface area contributed by atoms with Gasteiger partial charge in [0.2, 0.25) is 10.0 Å². The van der Waals surface area contributed by atoms with Crippen LogP contribution in [0.1, 0.15) is 34.0 Å². The third kappa shape index (κ3) is 4.09. The highest BCUT2D eigenvalue weighted by Gasteiger charge is 2.33. The van der Waals surface area contributed by atoms with Gasteiger partial charge in [-0.05, 0) is 55.2 Å². The molecule has 2 aromatic rings. The van der Waals surface area contributed by atoms with E-state index in [0.29, 0.717) is 30.8 Å². The Kier molecular flexibility index (Phi) is 5.59. The lowest BCUT2D eigenvalue weighted by molar-refractivity contribution is 0.0628. The lowest BCUT2D eigenvalue weighted by atomic mass is 10.1. The SMILES string of the molecule is Cc1ccccc1CN1CCN(C(=O)c2ccc3c(c2)C[C@H](C)N3S(C)(=O)=O)CC1. The van der Waals surface area contributed by atoms with E-state index in [2.05, 4.69) is 36.1 Å². The number of sulfonamides is 1. The summed E-state index contributed by atoms with van der Waals surface area (Å²) in [4.78, 5) is 17.3. The number of hydrogen-bond donors (Lipinski definition) is 0. The molecule has 1 atom stereocenters. The molecule has 2 heterocycles. The molecule has 1 amide bonds. The molecule has 0 bridgehead atoms. The van der Waals surface area contributed by atoms with Gasteiger partial charge in [0.15, 0.2) is 0 Å². The van der Waals surface area contributed by atoms with Gasteiger partial charge in [-0.3, -0.25) is 14.0 Å². The van der Waals surface area contributed by atoms with E-state index in [-0.39, 0.29) is 11.9 Å². The highest BCUT2D eigenvalue weighted by molar-refractivity contribution is 7.92. The first-order valence-corrected chi connectivity index (χ1v) is 12.3. The lowest BCUT2D eigenvalue weighted by Crippen LogP contribution is -2.48. The molecule has 1 fully saturated rings. The van der Waals surface area contributed by atoms with Crippen molar-refractivity contribution < 1.29 is 13.2 Å². The molecular formula is C23H29N3O3S. The van der Waals surface area contributed by atoms with Crippen LogP contribution in [0, 0.1) is 6.92 Å². The Bertz CT molecular complexity index is 1060. The van der Waals surface area contributed by atoms with Gasteiger partial charge in [-0.2, -0.15) is 0 Å². The van der Waals surface area contributed by atoms with Crippen molar-refractivity contribution >= 4 is 21.6 Å². The number of benzene rings is 2. The maximum atomic E-state index is 13.1. The van der Waals surface area contributed by atoms with Crippen molar-refractivity contribution in [1.29, 1.82) is 0 Å². The Morgan fingerprint density at radius 2 is 1.77 bits per heavy atom. The van der Waals surface area contributed by atoms with Crippen LogP contribution in [0.5, 0.6) is 0 Å². The average molecular weight is 428 g/mol. The van der Waals surface area contributed by atoms with Crippen LogP contribution in [-0.2, 0) is 23.0 Å². The summed E-state index contributed by atoms with van der Waals surface area (Å²) >= 11 is 0. The molecule has 2 aliphatic rings. The molecule has 7 heteroatoms. The van der Waals surface area contributed by atoms with Gasteiger partial charge in [-0.25, -0.2) is 8.42 Å². The highest BCUT2D eigenvalue weighted by atomic mass is 32.2. The average Bonchev–Trinajstić information content (AvgIpc) is 3.05. The van der Waals surface area contributed by atoms with Crippen molar-refractivity contribution in [3.63, 3.8) is 0 Å². The van der Waals surface area contributed by atoms with E-state index in [1.165, 1.54) is 21.7 Å². The van der Waals surface area contributed by atoms with Gasteiger partial charge >= 0.3 is 0 Å². The molecule has 0 aromatic heterocycles. The van der Waals surface area contributed by atoms with Gasteiger partial charge in [0.1, 0.15) is 0 Å². The molecule has 0 spiro atoms. The van der Waals surface area contributed by atoms with E-state index in [0.717, 1.165) is 25.2 Å². The van der Waals surface area contributed by atoms with E-state index in [9.17, 15) is 13.2 Å². The third-order valence-corrected chi connectivity index (χ3v) is 7.42. The van der Waals surface area contributed by atoms with Crippen molar-refractivity contribution in [2.75, 3.05) is 36.7 Å². The first-order chi connectivity index (χ1) is 14.2. The van der Waals surface area contributed by atoms with Crippen molar-refractivity contribution in [2.45, 2.75) is 32.9 Å². The minimum absolute atomic E-state index is 0.0267. The quantitative estimate of drug-likeness (QED) is 0.753. The van der Waals surface area contributed by atoms with Crippen LogP contribution in [0.25, 0.3) is 0 Å². The summed E-state index contributed by atoms with van der Waals surface area (Å²) < 4.78 is 25.7. The molecular weight excluding hydrogens is 398 g/mol. The molecule has 1 saturated heterocycles. The van der Waals surface area contributed by atoms with Gasteiger partial charge in [0.05, 0.1) is 11.9 Å². The number of carbonyl (C=O) groups excluding carboxylic acids is 1. The predicted octanol–water partition coefficient (Wildman–Crippen LogP) is 2.66. The van der Waals surface area contributed by atoms with Crippen LogP contribution in [0.2, 0.25) is 0 Å². The molecule has 30 heavy (non-hydrogen) atoms. The van der Waals surface area contributed by atoms with E-state index >= 15 is 0 Å². The summed E-state index contributed by atoms with van der Waals surface area (Å²) in [6.07, 6.45) is 1.86. The maximum Gasteiger partial charge on any atom is 0.253 e. The Labute approximate surface area is 179 Å². The molecule has 0 radical (unpaired) electrons. The number of anilines is 1. The third-order valence-electron chi connectivity index (χ3n) is 6.15. The molecule has 4 rings (SSSR count). The summed E-state index contributed by atoms with van der Waals surface area (Å²) in [7, 11) is -3.32. The van der Waals surface area contributed by atoms with Gasteiger partial charge in [-0.1, -0.05) is 24.3 Å². The van der Waals surface area contributed by atoms with Crippen molar-refractivity contribution in [2.24, 2.45) is 0 Å². The zero-order valence-corrected chi connectivity index (χ0v) is 18.7. The fourth-order valence-corrected chi connectivity index (χ4v) is 5.82. The summed E-state index contributed by atoms with van der Waals surface area (Å²) in [5.74, 6) is 0.0267. The lowest BCUT2D eigenvalue weighted by Gasteiger charge is -2.35. The second-order valence-corrected chi connectivity index (χ2v) is 10.3. The first kappa shape index (κ1) is 20.9.